The Morgan fingerprint density at radius 2 is 1.83 bits per heavy atom. The van der Waals surface area contributed by atoms with Crippen LogP contribution in [0, 0.1) is 0 Å². The van der Waals surface area contributed by atoms with Crippen LogP contribution < -0.4 is 11.1 Å². The van der Waals surface area contributed by atoms with Gasteiger partial charge < -0.3 is 11.1 Å². The van der Waals surface area contributed by atoms with Crippen molar-refractivity contribution >= 4 is 15.7 Å². The molecule has 0 saturated heterocycles. The predicted molar refractivity (Wildman–Crippen MR) is 70.2 cm³/mol. The lowest BCUT2D eigenvalue weighted by Gasteiger charge is -2.08. The van der Waals surface area contributed by atoms with Gasteiger partial charge in [0.2, 0.25) is 0 Å². The first-order valence-electron chi connectivity index (χ1n) is 5.72. The Balaban J connectivity index is 2.90. The quantitative estimate of drug-likeness (QED) is 0.818. The van der Waals surface area contributed by atoms with E-state index in [2.05, 4.69) is 5.32 Å². The largest absolute Gasteiger partial charge is 0.351 e. The zero-order valence-corrected chi connectivity index (χ0v) is 11.3. The summed E-state index contributed by atoms with van der Waals surface area (Å²) in [7, 11) is -3.29. The molecule has 0 bridgehead atoms. The van der Waals surface area contributed by atoms with Crippen molar-refractivity contribution in [1.29, 1.82) is 0 Å². The van der Waals surface area contributed by atoms with Gasteiger partial charge in [-0.25, -0.2) is 8.42 Å². The third kappa shape index (κ3) is 3.30. The van der Waals surface area contributed by atoms with Gasteiger partial charge in [-0.3, -0.25) is 4.79 Å². The molecule has 3 N–H and O–H groups in total. The summed E-state index contributed by atoms with van der Waals surface area (Å²) >= 11 is 0. The maximum absolute atomic E-state index is 11.9. The number of benzene rings is 1. The fraction of sp³-hybridized carbons (Fsp3) is 0.417. The van der Waals surface area contributed by atoms with E-state index in [4.69, 9.17) is 5.73 Å². The molecule has 0 fully saturated rings. The van der Waals surface area contributed by atoms with E-state index in [9.17, 15) is 13.2 Å². The lowest BCUT2D eigenvalue weighted by Crippen LogP contribution is -2.29. The molecule has 1 amide bonds. The average molecular weight is 270 g/mol. The number of hydrogen-bond donors (Lipinski definition) is 2. The van der Waals surface area contributed by atoms with E-state index >= 15 is 0 Å². The van der Waals surface area contributed by atoms with E-state index in [-0.39, 0.29) is 10.8 Å². The van der Waals surface area contributed by atoms with Crippen molar-refractivity contribution < 1.29 is 13.2 Å². The van der Waals surface area contributed by atoms with Crippen LogP contribution in [0.15, 0.2) is 29.2 Å². The second-order valence-electron chi connectivity index (χ2n) is 4.16. The minimum absolute atomic E-state index is 0.230. The number of carbonyl (C=O) groups is 1. The minimum Gasteiger partial charge on any atom is -0.351 e. The molecule has 0 aliphatic carbocycles. The molecule has 5 nitrogen and oxygen atoms in total. The number of nitrogens with two attached hydrogens (primary N) is 1. The average Bonchev–Trinajstić information content (AvgIpc) is 2.35. The van der Waals surface area contributed by atoms with Gasteiger partial charge in [0.1, 0.15) is 0 Å². The SMILES string of the molecule is CC(C)S(=O)(=O)c1ccc(C(=O)NCCN)cc1. The predicted octanol–water partition coefficient (Wildman–Crippen LogP) is 0.557. The monoisotopic (exact) mass is 270 g/mol. The summed E-state index contributed by atoms with van der Waals surface area (Å²) in [6, 6.07) is 5.90. The Morgan fingerprint density at radius 3 is 2.28 bits per heavy atom. The fourth-order valence-corrected chi connectivity index (χ4v) is 2.42. The standard InChI is InChI=1S/C12H18N2O3S/c1-9(2)18(16,17)11-5-3-10(4-6-11)12(15)14-8-7-13/h3-6,9H,7-8,13H2,1-2H3,(H,14,15). The van der Waals surface area contributed by atoms with Crippen molar-refractivity contribution in [1.82, 2.24) is 5.32 Å². The molecule has 0 unspecified atom stereocenters. The van der Waals surface area contributed by atoms with Crippen molar-refractivity contribution in [2.24, 2.45) is 5.73 Å². The summed E-state index contributed by atoms with van der Waals surface area (Å²) in [6.07, 6.45) is 0. The first-order valence-corrected chi connectivity index (χ1v) is 7.26. The fourth-order valence-electron chi connectivity index (χ4n) is 1.36. The molecule has 0 heterocycles. The Hall–Kier alpha value is -1.40. The first kappa shape index (κ1) is 14.7. The van der Waals surface area contributed by atoms with Crippen LogP contribution in [0.3, 0.4) is 0 Å². The molecular formula is C12H18N2O3S. The molecule has 0 aliphatic rings. The summed E-state index contributed by atoms with van der Waals surface area (Å²) in [5, 5.41) is 2.14. The highest BCUT2D eigenvalue weighted by Gasteiger charge is 2.19. The number of carbonyl (C=O) groups excluding carboxylic acids is 1. The Labute approximate surface area is 107 Å². The molecule has 0 saturated carbocycles. The van der Waals surface area contributed by atoms with Crippen LogP contribution in [0.1, 0.15) is 24.2 Å². The first-order chi connectivity index (χ1) is 8.39. The zero-order chi connectivity index (χ0) is 13.8. The van der Waals surface area contributed by atoms with Crippen LogP contribution in [-0.2, 0) is 9.84 Å². The van der Waals surface area contributed by atoms with Crippen LogP contribution in [0.4, 0.5) is 0 Å². The molecule has 0 aromatic heterocycles. The smallest absolute Gasteiger partial charge is 0.251 e. The van der Waals surface area contributed by atoms with E-state index in [1.165, 1.54) is 24.3 Å². The molecule has 6 heteroatoms. The van der Waals surface area contributed by atoms with E-state index in [1.54, 1.807) is 13.8 Å². The lowest BCUT2D eigenvalue weighted by atomic mass is 10.2. The summed E-state index contributed by atoms with van der Waals surface area (Å²) < 4.78 is 23.7. The number of amides is 1. The van der Waals surface area contributed by atoms with Crippen LogP contribution >= 0.6 is 0 Å². The maximum Gasteiger partial charge on any atom is 0.251 e. The van der Waals surface area contributed by atoms with Crippen molar-refractivity contribution in [2.75, 3.05) is 13.1 Å². The summed E-state index contributed by atoms with van der Waals surface area (Å²) in [5.41, 5.74) is 5.70. The van der Waals surface area contributed by atoms with E-state index in [0.29, 0.717) is 18.7 Å². The molecule has 1 rings (SSSR count). The van der Waals surface area contributed by atoms with Gasteiger partial charge in [-0.1, -0.05) is 0 Å². The summed E-state index contributed by atoms with van der Waals surface area (Å²) in [5.74, 6) is -0.256. The Bertz CT molecular complexity index is 507. The molecule has 18 heavy (non-hydrogen) atoms. The molecule has 0 atom stereocenters. The molecule has 1 aromatic carbocycles. The molecular weight excluding hydrogens is 252 g/mol. The van der Waals surface area contributed by atoms with Crippen molar-refractivity contribution in [3.63, 3.8) is 0 Å². The highest BCUT2D eigenvalue weighted by Crippen LogP contribution is 2.16. The van der Waals surface area contributed by atoms with E-state index < -0.39 is 15.1 Å². The maximum atomic E-state index is 11.9. The zero-order valence-electron chi connectivity index (χ0n) is 10.5. The normalized spacial score (nSPS) is 11.6. The van der Waals surface area contributed by atoms with Crippen LogP contribution in [0.2, 0.25) is 0 Å². The highest BCUT2D eigenvalue weighted by molar-refractivity contribution is 7.92. The van der Waals surface area contributed by atoms with Gasteiger partial charge in [0.25, 0.3) is 5.91 Å². The number of hydrogen-bond acceptors (Lipinski definition) is 4. The summed E-state index contributed by atoms with van der Waals surface area (Å²) in [6.45, 7) is 4.00. The number of rotatable bonds is 5. The van der Waals surface area contributed by atoms with E-state index in [0.717, 1.165) is 0 Å². The second kappa shape index (κ2) is 5.97. The molecule has 0 spiro atoms. The van der Waals surface area contributed by atoms with E-state index in [1.807, 2.05) is 0 Å². The Kier molecular flexibility index (Phi) is 4.86. The van der Waals surface area contributed by atoms with Gasteiger partial charge in [-0.2, -0.15) is 0 Å². The Morgan fingerprint density at radius 1 is 1.28 bits per heavy atom. The van der Waals surface area contributed by atoms with Crippen molar-refractivity contribution in [3.05, 3.63) is 29.8 Å². The topological polar surface area (TPSA) is 89.3 Å². The highest BCUT2D eigenvalue weighted by atomic mass is 32.2. The van der Waals surface area contributed by atoms with Gasteiger partial charge in [-0.05, 0) is 38.1 Å². The third-order valence-electron chi connectivity index (χ3n) is 2.50. The molecule has 100 valence electrons. The lowest BCUT2D eigenvalue weighted by molar-refractivity contribution is 0.0954. The van der Waals surface area contributed by atoms with Crippen molar-refractivity contribution in [3.8, 4) is 0 Å². The number of nitrogens with one attached hydrogen (secondary N) is 1. The van der Waals surface area contributed by atoms with Gasteiger partial charge >= 0.3 is 0 Å². The molecule has 0 radical (unpaired) electrons. The van der Waals surface area contributed by atoms with Gasteiger partial charge in [0.05, 0.1) is 10.1 Å². The summed E-state index contributed by atoms with van der Waals surface area (Å²) in [4.78, 5) is 11.8. The minimum atomic E-state index is -3.29. The van der Waals surface area contributed by atoms with Gasteiger partial charge in [-0.15, -0.1) is 0 Å². The van der Waals surface area contributed by atoms with Crippen molar-refractivity contribution in [2.45, 2.75) is 24.0 Å². The second-order valence-corrected chi connectivity index (χ2v) is 6.67. The van der Waals surface area contributed by atoms with Crippen LogP contribution in [0.25, 0.3) is 0 Å². The molecule has 1 aromatic rings. The van der Waals surface area contributed by atoms with Gasteiger partial charge in [0.15, 0.2) is 9.84 Å². The van der Waals surface area contributed by atoms with Gasteiger partial charge in [0, 0.05) is 18.7 Å². The van der Waals surface area contributed by atoms with Crippen LogP contribution in [0.5, 0.6) is 0 Å². The molecule has 0 aliphatic heterocycles. The third-order valence-corrected chi connectivity index (χ3v) is 4.67. The number of sulfone groups is 1. The van der Waals surface area contributed by atoms with Crippen LogP contribution in [-0.4, -0.2) is 32.7 Å².